The number of alkyl halides is 3. The Bertz CT molecular complexity index is 453. The molecule has 0 aromatic heterocycles. The Hall–Kier alpha value is -1.49. The Morgan fingerprint density at radius 2 is 1.95 bits per heavy atom. The molecule has 0 heterocycles. The van der Waals surface area contributed by atoms with Gasteiger partial charge in [0.25, 0.3) is 0 Å². The third kappa shape index (κ3) is 6.10. The van der Waals surface area contributed by atoms with Crippen LogP contribution in [-0.4, -0.2) is 18.9 Å². The normalized spacial score (nSPS) is 12.8. The highest BCUT2D eigenvalue weighted by molar-refractivity contribution is 5.68. The van der Waals surface area contributed by atoms with Crippen LogP contribution >= 0.6 is 0 Å². The van der Waals surface area contributed by atoms with Crippen molar-refractivity contribution in [3.63, 3.8) is 0 Å². The molecule has 0 aliphatic carbocycles. The lowest BCUT2D eigenvalue weighted by atomic mass is 10.1. The van der Waals surface area contributed by atoms with E-state index in [1.165, 1.54) is 12.1 Å². The first kappa shape index (κ1) is 16.6. The van der Waals surface area contributed by atoms with Gasteiger partial charge in [-0.15, -0.1) is 13.2 Å². The molecule has 0 atom stereocenters. The van der Waals surface area contributed by atoms with Crippen LogP contribution in [0.5, 0.6) is 5.75 Å². The first-order valence-corrected chi connectivity index (χ1v) is 6.55. The van der Waals surface area contributed by atoms with E-state index < -0.39 is 6.36 Å². The summed E-state index contributed by atoms with van der Waals surface area (Å²) < 4.78 is 41.0. The lowest BCUT2D eigenvalue weighted by Crippen LogP contribution is -2.23. The van der Waals surface area contributed by atoms with E-state index >= 15 is 0 Å². The van der Waals surface area contributed by atoms with Gasteiger partial charge in [-0.1, -0.05) is 38.1 Å². The molecule has 0 aliphatic heterocycles. The van der Waals surface area contributed by atoms with Gasteiger partial charge in [-0.3, -0.25) is 0 Å². The van der Waals surface area contributed by atoms with Gasteiger partial charge in [-0.2, -0.15) is 0 Å². The highest BCUT2D eigenvalue weighted by Gasteiger charge is 2.32. The first-order chi connectivity index (χ1) is 9.29. The molecule has 0 unspecified atom stereocenters. The van der Waals surface area contributed by atoms with Crippen LogP contribution in [0.2, 0.25) is 0 Å². The summed E-state index contributed by atoms with van der Waals surface area (Å²) in [5.41, 5.74) is 1.24. The lowest BCUT2D eigenvalue weighted by Gasteiger charge is -2.13. The maximum absolute atomic E-state index is 12.3. The number of rotatable bonds is 6. The van der Waals surface area contributed by atoms with Crippen molar-refractivity contribution in [2.75, 3.05) is 6.54 Å². The van der Waals surface area contributed by atoms with E-state index in [-0.39, 0.29) is 5.75 Å². The Morgan fingerprint density at radius 1 is 1.30 bits per heavy atom. The van der Waals surface area contributed by atoms with E-state index in [9.17, 15) is 13.2 Å². The van der Waals surface area contributed by atoms with E-state index in [1.807, 2.05) is 19.9 Å². The minimum atomic E-state index is -4.67. The number of nitrogens with one attached hydrogen (secondary N) is 1. The van der Waals surface area contributed by atoms with Crippen LogP contribution in [0.3, 0.4) is 0 Å². The Balaban J connectivity index is 2.76. The number of benzene rings is 1. The molecule has 1 rings (SSSR count). The number of halogens is 3. The van der Waals surface area contributed by atoms with Gasteiger partial charge >= 0.3 is 6.36 Å². The summed E-state index contributed by atoms with van der Waals surface area (Å²) in [7, 11) is 0. The van der Waals surface area contributed by atoms with E-state index in [1.54, 1.807) is 19.1 Å². The van der Waals surface area contributed by atoms with Gasteiger partial charge in [0, 0.05) is 11.6 Å². The number of hydrogen-bond donors (Lipinski definition) is 1. The van der Waals surface area contributed by atoms with Crippen LogP contribution in [-0.2, 0) is 0 Å². The van der Waals surface area contributed by atoms with Crippen LogP contribution in [0.4, 0.5) is 13.2 Å². The quantitative estimate of drug-likeness (QED) is 0.784. The van der Waals surface area contributed by atoms with Gasteiger partial charge in [0.05, 0.1) is 0 Å². The molecule has 0 spiro atoms. The predicted octanol–water partition coefficient (Wildman–Crippen LogP) is 4.38. The fourth-order valence-corrected chi connectivity index (χ4v) is 1.78. The molecular weight excluding hydrogens is 267 g/mol. The van der Waals surface area contributed by atoms with Gasteiger partial charge < -0.3 is 10.1 Å². The average Bonchev–Trinajstić information content (AvgIpc) is 2.33. The minimum Gasteiger partial charge on any atom is -0.405 e. The molecule has 1 aromatic carbocycles. The number of para-hydroxylation sites is 1. The zero-order chi connectivity index (χ0) is 15.2. The SMILES string of the molecule is CC(=CCCNC(C)C)c1ccccc1OC(F)(F)F. The summed E-state index contributed by atoms with van der Waals surface area (Å²) in [6.07, 6.45) is -2.01. The number of hydrogen-bond acceptors (Lipinski definition) is 2. The van der Waals surface area contributed by atoms with Crippen molar-refractivity contribution in [1.82, 2.24) is 5.32 Å². The van der Waals surface area contributed by atoms with Crippen LogP contribution in [0.25, 0.3) is 5.57 Å². The zero-order valence-electron chi connectivity index (χ0n) is 11.9. The maximum atomic E-state index is 12.3. The maximum Gasteiger partial charge on any atom is 0.573 e. The van der Waals surface area contributed by atoms with Crippen molar-refractivity contribution in [2.24, 2.45) is 0 Å². The molecular formula is C15H20F3NO. The Kier molecular flexibility index (Phi) is 6.07. The molecule has 0 saturated carbocycles. The van der Waals surface area contributed by atoms with Crippen molar-refractivity contribution in [1.29, 1.82) is 0 Å². The topological polar surface area (TPSA) is 21.3 Å². The van der Waals surface area contributed by atoms with Crippen LogP contribution in [0.15, 0.2) is 30.3 Å². The summed E-state index contributed by atoms with van der Waals surface area (Å²) in [5.74, 6) is -0.162. The molecule has 2 nitrogen and oxygen atoms in total. The van der Waals surface area contributed by atoms with Crippen molar-refractivity contribution >= 4 is 5.57 Å². The molecule has 20 heavy (non-hydrogen) atoms. The smallest absolute Gasteiger partial charge is 0.405 e. The van der Waals surface area contributed by atoms with E-state index in [2.05, 4.69) is 10.1 Å². The Morgan fingerprint density at radius 3 is 2.55 bits per heavy atom. The molecule has 1 aromatic rings. The second kappa shape index (κ2) is 7.33. The fourth-order valence-electron chi connectivity index (χ4n) is 1.78. The molecule has 5 heteroatoms. The zero-order valence-corrected chi connectivity index (χ0v) is 11.9. The van der Waals surface area contributed by atoms with Crippen LogP contribution in [0, 0.1) is 0 Å². The molecule has 112 valence electrons. The van der Waals surface area contributed by atoms with Gasteiger partial charge in [0.1, 0.15) is 5.75 Å². The van der Waals surface area contributed by atoms with Crippen molar-refractivity contribution in [3.8, 4) is 5.75 Å². The second-order valence-corrected chi connectivity index (χ2v) is 4.83. The van der Waals surface area contributed by atoms with Gasteiger partial charge in [-0.05, 0) is 31.5 Å². The van der Waals surface area contributed by atoms with Crippen LogP contribution in [0.1, 0.15) is 32.8 Å². The number of allylic oxidation sites excluding steroid dienone is 1. The minimum absolute atomic E-state index is 0.162. The summed E-state index contributed by atoms with van der Waals surface area (Å²) in [6.45, 7) is 6.66. The molecule has 0 aliphatic rings. The van der Waals surface area contributed by atoms with E-state index in [0.717, 1.165) is 18.5 Å². The van der Waals surface area contributed by atoms with Crippen molar-refractivity contribution in [2.45, 2.75) is 39.6 Å². The molecule has 0 amide bonds. The highest BCUT2D eigenvalue weighted by atomic mass is 19.4. The third-order valence-electron chi connectivity index (χ3n) is 2.69. The summed E-state index contributed by atoms with van der Waals surface area (Å²) in [4.78, 5) is 0. The molecule has 0 radical (unpaired) electrons. The third-order valence-corrected chi connectivity index (χ3v) is 2.69. The summed E-state index contributed by atoms with van der Waals surface area (Å²) in [6, 6.07) is 6.57. The predicted molar refractivity (Wildman–Crippen MR) is 74.5 cm³/mol. The van der Waals surface area contributed by atoms with Crippen molar-refractivity contribution < 1.29 is 17.9 Å². The van der Waals surface area contributed by atoms with Gasteiger partial charge in [0.15, 0.2) is 0 Å². The van der Waals surface area contributed by atoms with Crippen molar-refractivity contribution in [3.05, 3.63) is 35.9 Å². The highest BCUT2D eigenvalue weighted by Crippen LogP contribution is 2.30. The largest absolute Gasteiger partial charge is 0.573 e. The molecule has 0 bridgehead atoms. The Labute approximate surface area is 117 Å². The molecule has 1 N–H and O–H groups in total. The summed E-state index contributed by atoms with van der Waals surface area (Å²) >= 11 is 0. The average molecular weight is 287 g/mol. The molecule has 0 fully saturated rings. The van der Waals surface area contributed by atoms with Gasteiger partial charge in [0.2, 0.25) is 0 Å². The van der Waals surface area contributed by atoms with Crippen LogP contribution < -0.4 is 10.1 Å². The number of ether oxygens (including phenoxy) is 1. The second-order valence-electron chi connectivity index (χ2n) is 4.83. The molecule has 0 saturated heterocycles. The van der Waals surface area contributed by atoms with Gasteiger partial charge in [-0.25, -0.2) is 0 Å². The van der Waals surface area contributed by atoms with E-state index in [0.29, 0.717) is 11.6 Å². The fraction of sp³-hybridized carbons (Fsp3) is 0.467. The lowest BCUT2D eigenvalue weighted by molar-refractivity contribution is -0.274. The summed E-state index contributed by atoms with van der Waals surface area (Å²) in [5, 5.41) is 3.25. The first-order valence-electron chi connectivity index (χ1n) is 6.55. The standard InChI is InChI=1S/C15H20F3NO/c1-11(2)19-10-6-7-12(3)13-8-4-5-9-14(13)20-15(16,17)18/h4-5,7-9,11,19H,6,10H2,1-3H3. The van der Waals surface area contributed by atoms with E-state index in [4.69, 9.17) is 0 Å². The monoisotopic (exact) mass is 287 g/mol.